The topological polar surface area (TPSA) is 83.8 Å². The minimum absolute atomic E-state index is 0.148. The van der Waals surface area contributed by atoms with E-state index in [1.54, 1.807) is 18.2 Å². The van der Waals surface area contributed by atoms with Crippen LogP contribution in [0.4, 0.5) is 0 Å². The quantitative estimate of drug-likeness (QED) is 0.606. The first-order chi connectivity index (χ1) is 11.7. The molecule has 2 N–H and O–H groups in total. The van der Waals surface area contributed by atoms with E-state index in [2.05, 4.69) is 6.92 Å². The Kier molecular flexibility index (Phi) is 7.94. The van der Waals surface area contributed by atoms with E-state index in [4.69, 9.17) is 4.74 Å². The Labute approximate surface area is 150 Å². The van der Waals surface area contributed by atoms with Gasteiger partial charge in [0.25, 0.3) is 0 Å². The van der Waals surface area contributed by atoms with Gasteiger partial charge < -0.3 is 14.9 Å². The number of carbonyl (C=O) groups is 2. The Hall–Kier alpha value is -2.04. The number of hydrogen-bond acceptors (Lipinski definition) is 3. The number of ether oxygens (including phenoxy) is 1. The van der Waals surface area contributed by atoms with Crippen LogP contribution >= 0.6 is 0 Å². The van der Waals surface area contributed by atoms with Crippen LogP contribution in [0.2, 0.25) is 0 Å². The number of rotatable bonds is 10. The summed E-state index contributed by atoms with van der Waals surface area (Å²) in [7, 11) is 0. The fourth-order valence-electron chi connectivity index (χ4n) is 3.08. The van der Waals surface area contributed by atoms with Gasteiger partial charge in [-0.3, -0.25) is 9.59 Å². The van der Waals surface area contributed by atoms with Gasteiger partial charge in [0.05, 0.1) is 18.4 Å². The zero-order valence-corrected chi connectivity index (χ0v) is 15.8. The van der Waals surface area contributed by atoms with Gasteiger partial charge in [0, 0.05) is 0 Å². The smallest absolute Gasteiger partial charge is 0.311 e. The van der Waals surface area contributed by atoms with Crippen LogP contribution in [0.15, 0.2) is 18.2 Å². The highest BCUT2D eigenvalue weighted by Gasteiger charge is 2.32. The zero-order chi connectivity index (χ0) is 19.1. The van der Waals surface area contributed by atoms with E-state index in [0.29, 0.717) is 23.5 Å². The summed E-state index contributed by atoms with van der Waals surface area (Å²) < 4.78 is 5.71. The lowest BCUT2D eigenvalue weighted by Gasteiger charge is -2.26. The number of benzene rings is 1. The van der Waals surface area contributed by atoms with Crippen molar-refractivity contribution in [2.24, 2.45) is 11.8 Å². The summed E-state index contributed by atoms with van der Waals surface area (Å²) in [5.74, 6) is -3.13. The minimum atomic E-state index is -0.949. The van der Waals surface area contributed by atoms with Crippen molar-refractivity contribution in [1.82, 2.24) is 0 Å². The number of aliphatic carboxylic acids is 2. The molecule has 140 valence electrons. The maximum Gasteiger partial charge on any atom is 0.311 e. The van der Waals surface area contributed by atoms with E-state index in [1.807, 2.05) is 27.7 Å². The van der Waals surface area contributed by atoms with Crippen molar-refractivity contribution in [3.8, 4) is 5.75 Å². The van der Waals surface area contributed by atoms with Crippen molar-refractivity contribution in [2.45, 2.75) is 59.3 Å². The summed E-state index contributed by atoms with van der Waals surface area (Å²) in [4.78, 5) is 23.6. The monoisotopic (exact) mass is 350 g/mol. The first kappa shape index (κ1) is 21.0. The molecule has 0 bridgehead atoms. The summed E-state index contributed by atoms with van der Waals surface area (Å²) >= 11 is 0. The number of carboxylic acids is 2. The van der Waals surface area contributed by atoms with Crippen LogP contribution in [-0.4, -0.2) is 28.8 Å². The maximum absolute atomic E-state index is 11.8. The maximum atomic E-state index is 11.8. The van der Waals surface area contributed by atoms with E-state index < -0.39 is 23.8 Å². The third kappa shape index (κ3) is 5.48. The minimum Gasteiger partial charge on any atom is -0.494 e. The molecular weight excluding hydrogens is 320 g/mol. The molecule has 0 amide bonds. The molecule has 0 aliphatic heterocycles. The molecule has 2 atom stereocenters. The SMILES string of the molecule is CCCCOc1ccc(C(C(=O)O)C(C)C)c(C(C(=O)O)C(C)C)c1. The van der Waals surface area contributed by atoms with Crippen molar-refractivity contribution >= 4 is 11.9 Å². The standard InChI is InChI=1S/C20H30O5/c1-6-7-10-25-14-8-9-15(17(12(2)3)19(21)22)16(11-14)18(13(4)5)20(23)24/h8-9,11-13,17-18H,6-7,10H2,1-5H3,(H,21,22)(H,23,24). The molecule has 0 aliphatic rings. The summed E-state index contributed by atoms with van der Waals surface area (Å²) in [6.45, 7) is 9.95. The van der Waals surface area contributed by atoms with Crippen LogP contribution in [0.5, 0.6) is 5.75 Å². The Balaban J connectivity index is 3.44. The summed E-state index contributed by atoms with van der Waals surface area (Å²) in [6, 6.07) is 5.17. The van der Waals surface area contributed by atoms with Crippen molar-refractivity contribution < 1.29 is 24.5 Å². The van der Waals surface area contributed by atoms with Crippen LogP contribution in [0.3, 0.4) is 0 Å². The van der Waals surface area contributed by atoms with Crippen LogP contribution < -0.4 is 4.74 Å². The molecule has 0 heterocycles. The first-order valence-corrected chi connectivity index (χ1v) is 8.92. The van der Waals surface area contributed by atoms with Gasteiger partial charge in [0.2, 0.25) is 0 Å². The Bertz CT molecular complexity index is 592. The molecule has 5 nitrogen and oxygen atoms in total. The van der Waals surface area contributed by atoms with E-state index in [-0.39, 0.29) is 11.8 Å². The normalized spacial score (nSPS) is 13.7. The molecule has 0 fully saturated rings. The average Bonchev–Trinajstić information content (AvgIpc) is 2.48. The lowest BCUT2D eigenvalue weighted by atomic mass is 9.78. The predicted molar refractivity (Wildman–Crippen MR) is 97.3 cm³/mol. The van der Waals surface area contributed by atoms with E-state index in [9.17, 15) is 19.8 Å². The molecule has 0 aromatic heterocycles. The molecule has 1 aromatic carbocycles. The molecule has 0 saturated heterocycles. The first-order valence-electron chi connectivity index (χ1n) is 8.92. The lowest BCUT2D eigenvalue weighted by molar-refractivity contribution is -0.141. The highest BCUT2D eigenvalue weighted by atomic mass is 16.5. The van der Waals surface area contributed by atoms with Crippen molar-refractivity contribution in [3.05, 3.63) is 29.3 Å². The van der Waals surface area contributed by atoms with E-state index >= 15 is 0 Å². The van der Waals surface area contributed by atoms with E-state index in [1.165, 1.54) is 0 Å². The zero-order valence-electron chi connectivity index (χ0n) is 15.8. The molecule has 0 radical (unpaired) electrons. The third-order valence-corrected chi connectivity index (χ3v) is 4.36. The molecule has 5 heteroatoms. The summed E-state index contributed by atoms with van der Waals surface area (Å²) in [5.41, 5.74) is 1.10. The second-order valence-corrected chi connectivity index (χ2v) is 7.11. The fourth-order valence-corrected chi connectivity index (χ4v) is 3.08. The highest BCUT2D eigenvalue weighted by molar-refractivity contribution is 5.81. The predicted octanol–water partition coefficient (Wildman–Crippen LogP) is 4.51. The molecule has 1 aromatic rings. The van der Waals surface area contributed by atoms with Gasteiger partial charge in [-0.1, -0.05) is 47.1 Å². The van der Waals surface area contributed by atoms with Gasteiger partial charge >= 0.3 is 11.9 Å². The van der Waals surface area contributed by atoms with Crippen molar-refractivity contribution in [3.63, 3.8) is 0 Å². The average molecular weight is 350 g/mol. The molecular formula is C20H30O5. The van der Waals surface area contributed by atoms with Gasteiger partial charge in [-0.15, -0.1) is 0 Å². The molecule has 0 spiro atoms. The third-order valence-electron chi connectivity index (χ3n) is 4.36. The molecule has 0 aliphatic carbocycles. The van der Waals surface area contributed by atoms with Crippen molar-refractivity contribution in [2.75, 3.05) is 6.61 Å². The Morgan fingerprint density at radius 1 is 0.960 bits per heavy atom. The van der Waals surface area contributed by atoms with Crippen LogP contribution in [0, 0.1) is 11.8 Å². The number of hydrogen-bond donors (Lipinski definition) is 2. The second-order valence-electron chi connectivity index (χ2n) is 7.11. The molecule has 0 saturated carbocycles. The highest BCUT2D eigenvalue weighted by Crippen LogP contribution is 2.37. The summed E-state index contributed by atoms with van der Waals surface area (Å²) in [6.07, 6.45) is 1.91. The van der Waals surface area contributed by atoms with Gasteiger partial charge in [-0.2, -0.15) is 0 Å². The Morgan fingerprint density at radius 3 is 1.92 bits per heavy atom. The van der Waals surface area contributed by atoms with Gasteiger partial charge in [0.15, 0.2) is 0 Å². The molecule has 1 rings (SSSR count). The lowest BCUT2D eigenvalue weighted by Crippen LogP contribution is -2.24. The Morgan fingerprint density at radius 2 is 1.48 bits per heavy atom. The molecule has 25 heavy (non-hydrogen) atoms. The number of carboxylic acid groups (broad SMARTS) is 2. The van der Waals surface area contributed by atoms with E-state index in [0.717, 1.165) is 12.8 Å². The van der Waals surface area contributed by atoms with Crippen LogP contribution in [0.25, 0.3) is 0 Å². The van der Waals surface area contributed by atoms with Crippen LogP contribution in [0.1, 0.15) is 70.4 Å². The number of unbranched alkanes of at least 4 members (excludes halogenated alkanes) is 1. The van der Waals surface area contributed by atoms with Gasteiger partial charge in [-0.25, -0.2) is 0 Å². The van der Waals surface area contributed by atoms with Gasteiger partial charge in [-0.05, 0) is 41.5 Å². The van der Waals surface area contributed by atoms with Gasteiger partial charge in [0.1, 0.15) is 5.75 Å². The fraction of sp³-hybridized carbons (Fsp3) is 0.600. The largest absolute Gasteiger partial charge is 0.494 e. The van der Waals surface area contributed by atoms with Crippen LogP contribution in [-0.2, 0) is 9.59 Å². The van der Waals surface area contributed by atoms with Crippen molar-refractivity contribution in [1.29, 1.82) is 0 Å². The second kappa shape index (κ2) is 9.44. The molecule has 2 unspecified atom stereocenters. The summed E-state index contributed by atoms with van der Waals surface area (Å²) in [5, 5.41) is 19.3.